The van der Waals surface area contributed by atoms with Crippen LogP contribution in [0.4, 0.5) is 5.82 Å². The number of nitrogens with one attached hydrogen (secondary N) is 1. The first kappa shape index (κ1) is 16.9. The van der Waals surface area contributed by atoms with Crippen molar-refractivity contribution in [2.45, 2.75) is 32.6 Å². The SMILES string of the molecule is Cc1ccc(-c2nc3[nH]c(=O)cc(N4C(=O)C5CCCCC5C4=O)n3n2)cc1. The number of rotatable bonds is 2. The van der Waals surface area contributed by atoms with Gasteiger partial charge in [-0.2, -0.15) is 9.50 Å². The highest BCUT2D eigenvalue weighted by Gasteiger charge is 2.49. The van der Waals surface area contributed by atoms with Crippen LogP contribution < -0.4 is 10.5 Å². The zero-order valence-electron chi connectivity index (χ0n) is 15.4. The molecule has 0 bridgehead atoms. The second-order valence-electron chi connectivity index (χ2n) is 7.54. The number of carbonyl (C=O) groups is 2. The van der Waals surface area contributed by atoms with E-state index in [1.54, 1.807) is 0 Å². The highest BCUT2D eigenvalue weighted by Crippen LogP contribution is 2.39. The molecule has 5 rings (SSSR count). The van der Waals surface area contributed by atoms with Gasteiger partial charge in [0.05, 0.1) is 11.8 Å². The smallest absolute Gasteiger partial charge is 0.254 e. The molecule has 2 unspecified atom stereocenters. The Labute approximate surface area is 160 Å². The molecule has 1 saturated carbocycles. The Bertz CT molecular complexity index is 1140. The molecule has 28 heavy (non-hydrogen) atoms. The number of nitrogens with zero attached hydrogens (tertiary/aromatic N) is 4. The maximum absolute atomic E-state index is 13.0. The largest absolute Gasteiger partial charge is 0.291 e. The average molecular weight is 377 g/mol. The number of aromatic nitrogens is 4. The summed E-state index contributed by atoms with van der Waals surface area (Å²) in [7, 11) is 0. The number of benzene rings is 1. The number of anilines is 1. The van der Waals surface area contributed by atoms with Gasteiger partial charge in [0, 0.05) is 11.6 Å². The second-order valence-corrected chi connectivity index (χ2v) is 7.54. The van der Waals surface area contributed by atoms with E-state index in [-0.39, 0.29) is 35.2 Å². The Morgan fingerprint density at radius 3 is 2.29 bits per heavy atom. The lowest BCUT2D eigenvalue weighted by Gasteiger charge is -2.19. The van der Waals surface area contributed by atoms with Crippen molar-refractivity contribution in [2.75, 3.05) is 4.90 Å². The highest BCUT2D eigenvalue weighted by molar-refractivity contribution is 6.21. The summed E-state index contributed by atoms with van der Waals surface area (Å²) < 4.78 is 1.38. The third-order valence-corrected chi connectivity index (χ3v) is 5.70. The molecule has 1 aliphatic carbocycles. The Balaban J connectivity index is 1.65. The second kappa shape index (κ2) is 6.12. The number of aryl methyl sites for hydroxylation is 1. The van der Waals surface area contributed by atoms with Gasteiger partial charge in [-0.1, -0.05) is 42.7 Å². The van der Waals surface area contributed by atoms with Crippen molar-refractivity contribution in [1.82, 2.24) is 19.6 Å². The minimum absolute atomic E-state index is 0.161. The summed E-state index contributed by atoms with van der Waals surface area (Å²) in [5.41, 5.74) is 1.46. The number of carbonyl (C=O) groups excluding carboxylic acids is 2. The molecule has 2 atom stereocenters. The number of H-pyrrole nitrogens is 1. The molecule has 1 saturated heterocycles. The van der Waals surface area contributed by atoms with Crippen molar-refractivity contribution < 1.29 is 9.59 Å². The molecule has 2 fully saturated rings. The van der Waals surface area contributed by atoms with Gasteiger partial charge in [0.25, 0.3) is 5.56 Å². The molecule has 1 aliphatic heterocycles. The predicted octanol–water partition coefficient (Wildman–Crippen LogP) is 2.07. The molecule has 1 N–H and O–H groups in total. The van der Waals surface area contributed by atoms with Crippen LogP contribution in [0.2, 0.25) is 0 Å². The topological polar surface area (TPSA) is 100 Å². The Morgan fingerprint density at radius 1 is 1.00 bits per heavy atom. The van der Waals surface area contributed by atoms with E-state index >= 15 is 0 Å². The van der Waals surface area contributed by atoms with Gasteiger partial charge in [0.2, 0.25) is 17.6 Å². The van der Waals surface area contributed by atoms with Crippen LogP contribution in [0.5, 0.6) is 0 Å². The first-order chi connectivity index (χ1) is 13.5. The fourth-order valence-electron chi connectivity index (χ4n) is 4.25. The van der Waals surface area contributed by atoms with Crippen molar-refractivity contribution in [3.63, 3.8) is 0 Å². The number of fused-ring (bicyclic) bond motifs is 2. The van der Waals surface area contributed by atoms with Gasteiger partial charge in [-0.25, -0.2) is 4.90 Å². The van der Waals surface area contributed by atoms with Crippen molar-refractivity contribution >= 4 is 23.4 Å². The standard InChI is InChI=1S/C20H19N5O3/c1-11-6-8-12(9-7-11)17-22-20-21-15(26)10-16(25(20)23-17)24-18(27)13-4-2-3-5-14(13)19(24)28/h6-10,13-14H,2-5H2,1H3,(H,21,22,23,26). The molecular weight excluding hydrogens is 358 g/mol. The van der Waals surface area contributed by atoms with Crippen molar-refractivity contribution in [3.05, 3.63) is 46.2 Å². The van der Waals surface area contributed by atoms with Gasteiger partial charge in [-0.05, 0) is 19.8 Å². The lowest BCUT2D eigenvalue weighted by molar-refractivity contribution is -0.122. The third kappa shape index (κ3) is 2.48. The lowest BCUT2D eigenvalue weighted by atomic mass is 9.81. The van der Waals surface area contributed by atoms with E-state index in [1.807, 2.05) is 31.2 Å². The number of hydrogen-bond acceptors (Lipinski definition) is 5. The number of hydrogen-bond donors (Lipinski definition) is 1. The van der Waals surface area contributed by atoms with E-state index in [4.69, 9.17) is 0 Å². The number of aromatic amines is 1. The van der Waals surface area contributed by atoms with Gasteiger partial charge in [0.1, 0.15) is 0 Å². The quantitative estimate of drug-likeness (QED) is 0.689. The minimum Gasteiger partial charge on any atom is -0.291 e. The van der Waals surface area contributed by atoms with Crippen LogP contribution in [0.25, 0.3) is 17.2 Å². The van der Waals surface area contributed by atoms with Crippen LogP contribution in [0.3, 0.4) is 0 Å². The van der Waals surface area contributed by atoms with E-state index in [9.17, 15) is 14.4 Å². The maximum Gasteiger partial charge on any atom is 0.254 e. The molecule has 2 amide bonds. The minimum atomic E-state index is -0.430. The van der Waals surface area contributed by atoms with Crippen LogP contribution in [-0.4, -0.2) is 31.4 Å². The Kier molecular flexibility index (Phi) is 3.68. The van der Waals surface area contributed by atoms with E-state index < -0.39 is 5.56 Å². The molecule has 8 nitrogen and oxygen atoms in total. The van der Waals surface area contributed by atoms with Crippen molar-refractivity contribution in [3.8, 4) is 11.4 Å². The average Bonchev–Trinajstić information content (AvgIpc) is 3.22. The lowest BCUT2D eigenvalue weighted by Crippen LogP contribution is -2.34. The molecule has 1 aromatic carbocycles. The van der Waals surface area contributed by atoms with E-state index in [0.717, 1.165) is 28.9 Å². The fraction of sp³-hybridized carbons (Fsp3) is 0.350. The first-order valence-electron chi connectivity index (χ1n) is 9.48. The summed E-state index contributed by atoms with van der Waals surface area (Å²) in [6.45, 7) is 1.99. The normalized spacial score (nSPS) is 22.1. The monoisotopic (exact) mass is 377 g/mol. The zero-order chi connectivity index (χ0) is 19.4. The number of amides is 2. The van der Waals surface area contributed by atoms with Crippen molar-refractivity contribution in [2.24, 2.45) is 11.8 Å². The van der Waals surface area contributed by atoms with Gasteiger partial charge in [-0.3, -0.25) is 19.4 Å². The summed E-state index contributed by atoms with van der Waals surface area (Å²) in [5, 5.41) is 4.47. The van der Waals surface area contributed by atoms with Crippen LogP contribution in [-0.2, 0) is 9.59 Å². The summed E-state index contributed by atoms with van der Waals surface area (Å²) in [5.74, 6) is -0.295. The first-order valence-corrected chi connectivity index (χ1v) is 9.48. The molecule has 0 spiro atoms. The summed E-state index contributed by atoms with van der Waals surface area (Å²) in [4.78, 5) is 46.3. The Morgan fingerprint density at radius 2 is 1.64 bits per heavy atom. The van der Waals surface area contributed by atoms with Gasteiger partial charge >= 0.3 is 0 Å². The van der Waals surface area contributed by atoms with Gasteiger partial charge in [-0.15, -0.1) is 5.10 Å². The maximum atomic E-state index is 13.0. The summed E-state index contributed by atoms with van der Waals surface area (Å²) in [6.07, 6.45) is 3.31. The van der Waals surface area contributed by atoms with Gasteiger partial charge in [0.15, 0.2) is 11.6 Å². The molecule has 142 valence electrons. The van der Waals surface area contributed by atoms with E-state index in [2.05, 4.69) is 15.1 Å². The summed E-state index contributed by atoms with van der Waals surface area (Å²) >= 11 is 0. The van der Waals surface area contributed by atoms with Crippen LogP contribution in [0.15, 0.2) is 35.1 Å². The molecule has 3 aromatic rings. The number of imide groups is 1. The molecule has 3 heterocycles. The Hall–Kier alpha value is -3.29. The highest BCUT2D eigenvalue weighted by atomic mass is 16.2. The molecule has 2 aliphatic rings. The predicted molar refractivity (Wildman–Crippen MR) is 102 cm³/mol. The molecular formula is C20H19N5O3. The van der Waals surface area contributed by atoms with Gasteiger partial charge < -0.3 is 0 Å². The summed E-state index contributed by atoms with van der Waals surface area (Å²) in [6, 6.07) is 8.92. The molecule has 8 heteroatoms. The van der Waals surface area contributed by atoms with E-state index in [0.29, 0.717) is 18.7 Å². The van der Waals surface area contributed by atoms with Crippen LogP contribution >= 0.6 is 0 Å². The van der Waals surface area contributed by atoms with Crippen molar-refractivity contribution in [1.29, 1.82) is 0 Å². The molecule has 2 aromatic heterocycles. The fourth-order valence-corrected chi connectivity index (χ4v) is 4.25. The third-order valence-electron chi connectivity index (χ3n) is 5.70. The van der Waals surface area contributed by atoms with E-state index in [1.165, 1.54) is 10.6 Å². The zero-order valence-corrected chi connectivity index (χ0v) is 15.4. The van der Waals surface area contributed by atoms with Crippen LogP contribution in [0.1, 0.15) is 31.2 Å². The molecule has 0 radical (unpaired) electrons. The van der Waals surface area contributed by atoms with Crippen LogP contribution in [0, 0.1) is 18.8 Å².